The molecule has 4 nitrogen and oxygen atoms in total. The predicted molar refractivity (Wildman–Crippen MR) is 70.7 cm³/mol. The summed E-state index contributed by atoms with van der Waals surface area (Å²) in [6.07, 6.45) is 0.736. The van der Waals surface area contributed by atoms with Crippen LogP contribution < -0.4 is 0 Å². The summed E-state index contributed by atoms with van der Waals surface area (Å²) < 4.78 is 27.0. The Morgan fingerprint density at radius 3 is 2.82 bits per heavy atom. The van der Waals surface area contributed by atoms with Gasteiger partial charge in [-0.25, -0.2) is 8.42 Å². The molecule has 2 heterocycles. The largest absolute Gasteiger partial charge is 0.396 e. The molecule has 96 valence electrons. The van der Waals surface area contributed by atoms with E-state index in [1.54, 1.807) is 6.07 Å². The van der Waals surface area contributed by atoms with Gasteiger partial charge >= 0.3 is 0 Å². The maximum atomic E-state index is 12.4. The van der Waals surface area contributed by atoms with Gasteiger partial charge in [0, 0.05) is 24.6 Å². The van der Waals surface area contributed by atoms with Crippen molar-refractivity contribution >= 4 is 37.3 Å². The summed E-state index contributed by atoms with van der Waals surface area (Å²) in [4.78, 5) is 1.18. The number of aliphatic hydroxyl groups excluding tert-OH is 1. The van der Waals surface area contributed by atoms with E-state index < -0.39 is 10.0 Å². The van der Waals surface area contributed by atoms with Crippen molar-refractivity contribution < 1.29 is 13.5 Å². The zero-order valence-corrected chi connectivity index (χ0v) is 12.6. The molecule has 0 radical (unpaired) electrons. The van der Waals surface area contributed by atoms with Gasteiger partial charge in [-0.1, -0.05) is 0 Å². The SMILES string of the molecule is Cc1sc(Br)cc1S(=O)(=O)N1CCC(CO)C1. The summed E-state index contributed by atoms with van der Waals surface area (Å²) in [6.45, 7) is 2.78. The molecule has 0 spiro atoms. The molecule has 0 bridgehead atoms. The van der Waals surface area contributed by atoms with Gasteiger partial charge in [0.2, 0.25) is 10.0 Å². The zero-order valence-electron chi connectivity index (χ0n) is 9.39. The van der Waals surface area contributed by atoms with E-state index in [1.807, 2.05) is 6.92 Å². The highest BCUT2D eigenvalue weighted by Gasteiger charge is 2.33. The smallest absolute Gasteiger partial charge is 0.244 e. The third-order valence-corrected chi connectivity index (χ3v) is 6.64. The number of rotatable bonds is 3. The fraction of sp³-hybridized carbons (Fsp3) is 0.600. The number of aryl methyl sites for hydroxylation is 1. The second kappa shape index (κ2) is 4.97. The average molecular weight is 340 g/mol. The molecular weight excluding hydrogens is 326 g/mol. The molecule has 1 aromatic heterocycles. The van der Waals surface area contributed by atoms with Crippen molar-refractivity contribution in [1.82, 2.24) is 4.31 Å². The minimum atomic E-state index is -3.39. The monoisotopic (exact) mass is 339 g/mol. The van der Waals surface area contributed by atoms with Gasteiger partial charge < -0.3 is 5.11 Å². The van der Waals surface area contributed by atoms with E-state index in [9.17, 15) is 8.42 Å². The zero-order chi connectivity index (χ0) is 12.6. The molecule has 1 aliphatic rings. The molecule has 1 unspecified atom stereocenters. The van der Waals surface area contributed by atoms with Crippen LogP contribution in [0, 0.1) is 12.8 Å². The molecule has 0 saturated carbocycles. The number of halogens is 1. The Hall–Kier alpha value is 0.0500. The number of hydrogen-bond acceptors (Lipinski definition) is 4. The van der Waals surface area contributed by atoms with Crippen LogP contribution in [0.5, 0.6) is 0 Å². The van der Waals surface area contributed by atoms with Gasteiger partial charge in [0.05, 0.1) is 8.68 Å². The van der Waals surface area contributed by atoms with Crippen molar-refractivity contribution in [2.24, 2.45) is 5.92 Å². The van der Waals surface area contributed by atoms with Crippen LogP contribution in [-0.4, -0.2) is 37.5 Å². The van der Waals surface area contributed by atoms with Gasteiger partial charge in [0.25, 0.3) is 0 Å². The quantitative estimate of drug-likeness (QED) is 0.913. The number of thiophene rings is 1. The highest BCUT2D eigenvalue weighted by Crippen LogP contribution is 2.33. The Morgan fingerprint density at radius 1 is 1.65 bits per heavy atom. The van der Waals surface area contributed by atoms with Crippen molar-refractivity contribution in [2.45, 2.75) is 18.2 Å². The lowest BCUT2D eigenvalue weighted by Gasteiger charge is -2.15. The van der Waals surface area contributed by atoms with Crippen LogP contribution >= 0.6 is 27.3 Å². The van der Waals surface area contributed by atoms with E-state index in [4.69, 9.17) is 5.11 Å². The van der Waals surface area contributed by atoms with Crippen LogP contribution in [0.3, 0.4) is 0 Å². The Balaban J connectivity index is 2.28. The Kier molecular flexibility index (Phi) is 3.94. The number of nitrogens with zero attached hydrogens (tertiary/aromatic N) is 1. The molecule has 1 aliphatic heterocycles. The van der Waals surface area contributed by atoms with Crippen molar-refractivity contribution in [3.8, 4) is 0 Å². The summed E-state index contributed by atoms with van der Waals surface area (Å²) in [7, 11) is -3.39. The van der Waals surface area contributed by atoms with Gasteiger partial charge in [-0.05, 0) is 41.3 Å². The standard InChI is InChI=1S/C10H14BrNO3S2/c1-7-9(4-10(11)16-7)17(14,15)12-3-2-8(5-12)6-13/h4,8,13H,2-3,5-6H2,1H3. The van der Waals surface area contributed by atoms with Crippen molar-refractivity contribution in [3.05, 3.63) is 14.7 Å². The third-order valence-electron chi connectivity index (χ3n) is 2.97. The van der Waals surface area contributed by atoms with Crippen molar-refractivity contribution in [3.63, 3.8) is 0 Å². The van der Waals surface area contributed by atoms with Gasteiger partial charge in [-0.15, -0.1) is 11.3 Å². The van der Waals surface area contributed by atoms with Crippen LogP contribution in [0.4, 0.5) is 0 Å². The van der Waals surface area contributed by atoms with Gasteiger partial charge in [-0.2, -0.15) is 4.31 Å². The fourth-order valence-corrected chi connectivity index (χ4v) is 5.90. The van der Waals surface area contributed by atoms with E-state index in [2.05, 4.69) is 15.9 Å². The molecule has 17 heavy (non-hydrogen) atoms. The van der Waals surface area contributed by atoms with Crippen LogP contribution in [0.15, 0.2) is 14.7 Å². The van der Waals surface area contributed by atoms with Crippen LogP contribution in [0.2, 0.25) is 0 Å². The Morgan fingerprint density at radius 2 is 2.35 bits per heavy atom. The minimum Gasteiger partial charge on any atom is -0.396 e. The summed E-state index contributed by atoms with van der Waals surface area (Å²) >= 11 is 4.73. The topological polar surface area (TPSA) is 57.6 Å². The summed E-state index contributed by atoms with van der Waals surface area (Å²) in [6, 6.07) is 1.65. The summed E-state index contributed by atoms with van der Waals surface area (Å²) in [5.74, 6) is 0.0761. The van der Waals surface area contributed by atoms with Crippen LogP contribution in [0.1, 0.15) is 11.3 Å². The highest BCUT2D eigenvalue weighted by molar-refractivity contribution is 9.11. The first-order chi connectivity index (χ1) is 7.95. The molecule has 1 atom stereocenters. The third kappa shape index (κ3) is 2.58. The maximum absolute atomic E-state index is 12.4. The van der Waals surface area contributed by atoms with Crippen LogP contribution in [-0.2, 0) is 10.0 Å². The van der Waals surface area contributed by atoms with Crippen molar-refractivity contribution in [1.29, 1.82) is 0 Å². The molecule has 0 aromatic carbocycles. The van der Waals surface area contributed by atoms with Crippen LogP contribution in [0.25, 0.3) is 0 Å². The Labute approximate surface area is 113 Å². The predicted octanol–water partition coefficient (Wildman–Crippen LogP) is 1.82. The van der Waals surface area contributed by atoms with E-state index >= 15 is 0 Å². The highest BCUT2D eigenvalue weighted by atomic mass is 79.9. The average Bonchev–Trinajstić information content (AvgIpc) is 2.85. The molecule has 7 heteroatoms. The van der Waals surface area contributed by atoms with Gasteiger partial charge in [0.15, 0.2) is 0 Å². The second-order valence-corrected chi connectivity index (χ2v) is 8.71. The normalized spacial score (nSPS) is 22.2. The lowest BCUT2D eigenvalue weighted by atomic mass is 10.1. The van der Waals surface area contributed by atoms with E-state index in [1.165, 1.54) is 15.6 Å². The molecule has 0 aliphatic carbocycles. The Bertz CT molecular complexity index is 512. The first-order valence-corrected chi connectivity index (χ1v) is 8.37. The molecular formula is C10H14BrNO3S2. The second-order valence-electron chi connectivity index (χ2n) is 4.17. The maximum Gasteiger partial charge on any atom is 0.244 e. The lowest BCUT2D eigenvalue weighted by molar-refractivity contribution is 0.233. The number of hydrogen-bond donors (Lipinski definition) is 1. The lowest BCUT2D eigenvalue weighted by Crippen LogP contribution is -2.29. The van der Waals surface area contributed by atoms with E-state index in [0.29, 0.717) is 18.0 Å². The number of aliphatic hydroxyl groups is 1. The minimum absolute atomic E-state index is 0.0539. The first-order valence-electron chi connectivity index (χ1n) is 5.32. The van der Waals surface area contributed by atoms with Gasteiger partial charge in [-0.3, -0.25) is 0 Å². The van der Waals surface area contributed by atoms with E-state index in [-0.39, 0.29) is 12.5 Å². The molecule has 0 amide bonds. The molecule has 1 aromatic rings. The molecule has 1 fully saturated rings. The van der Waals surface area contributed by atoms with Gasteiger partial charge in [0.1, 0.15) is 0 Å². The molecule has 1 N–H and O–H groups in total. The molecule has 2 rings (SSSR count). The van der Waals surface area contributed by atoms with E-state index in [0.717, 1.165) is 15.1 Å². The fourth-order valence-electron chi connectivity index (χ4n) is 1.99. The number of sulfonamides is 1. The summed E-state index contributed by atoms with van der Waals surface area (Å²) in [5, 5.41) is 9.05. The molecule has 1 saturated heterocycles. The first kappa shape index (κ1) is 13.5. The summed E-state index contributed by atoms with van der Waals surface area (Å²) in [5.41, 5.74) is 0. The van der Waals surface area contributed by atoms with Crippen molar-refractivity contribution in [2.75, 3.05) is 19.7 Å².